The summed E-state index contributed by atoms with van der Waals surface area (Å²) in [6, 6.07) is 9.20. The highest BCUT2D eigenvalue weighted by atomic mass is 16.5. The van der Waals surface area contributed by atoms with E-state index in [1.807, 2.05) is 11.1 Å². The van der Waals surface area contributed by atoms with Crippen molar-refractivity contribution in [3.63, 3.8) is 0 Å². The predicted octanol–water partition coefficient (Wildman–Crippen LogP) is 2.39. The minimum absolute atomic E-state index is 0.0258. The van der Waals surface area contributed by atoms with Crippen molar-refractivity contribution in [1.82, 2.24) is 14.5 Å². The van der Waals surface area contributed by atoms with Gasteiger partial charge in [-0.15, -0.1) is 0 Å². The maximum absolute atomic E-state index is 12.7. The number of imidazole rings is 1. The molecule has 24 heavy (non-hydrogen) atoms. The SMILES string of the molecule is C[C@H](Oc1cccc(C#N)c1)C(=O)N1CCC[C@@H](n2ccnc2)C1. The van der Waals surface area contributed by atoms with E-state index >= 15 is 0 Å². The van der Waals surface area contributed by atoms with Crippen molar-refractivity contribution >= 4 is 5.91 Å². The molecule has 0 unspecified atom stereocenters. The number of likely N-dealkylation sites (tertiary alicyclic amines) is 1. The van der Waals surface area contributed by atoms with Gasteiger partial charge in [-0.1, -0.05) is 6.07 Å². The van der Waals surface area contributed by atoms with Gasteiger partial charge in [-0.3, -0.25) is 4.79 Å². The van der Waals surface area contributed by atoms with Crippen molar-refractivity contribution < 1.29 is 9.53 Å². The van der Waals surface area contributed by atoms with Crippen molar-refractivity contribution in [3.05, 3.63) is 48.5 Å². The number of amides is 1. The quantitative estimate of drug-likeness (QED) is 0.866. The van der Waals surface area contributed by atoms with E-state index in [0.29, 0.717) is 17.9 Å². The number of aromatic nitrogens is 2. The minimum atomic E-state index is -0.583. The summed E-state index contributed by atoms with van der Waals surface area (Å²) >= 11 is 0. The lowest BCUT2D eigenvalue weighted by atomic mass is 10.0. The Morgan fingerprint density at radius 2 is 2.38 bits per heavy atom. The molecule has 1 fully saturated rings. The molecule has 2 heterocycles. The molecule has 1 aromatic heterocycles. The summed E-state index contributed by atoms with van der Waals surface area (Å²) in [6.07, 6.45) is 6.91. The fraction of sp³-hybridized carbons (Fsp3) is 0.389. The van der Waals surface area contributed by atoms with Crippen LogP contribution >= 0.6 is 0 Å². The van der Waals surface area contributed by atoms with Gasteiger partial charge in [0, 0.05) is 25.5 Å². The van der Waals surface area contributed by atoms with Crippen LogP contribution in [0.15, 0.2) is 43.0 Å². The van der Waals surface area contributed by atoms with Crippen LogP contribution in [0.4, 0.5) is 0 Å². The Balaban J connectivity index is 1.63. The number of hydrogen-bond acceptors (Lipinski definition) is 4. The lowest BCUT2D eigenvalue weighted by molar-refractivity contribution is -0.139. The lowest BCUT2D eigenvalue weighted by Crippen LogP contribution is -2.46. The number of nitriles is 1. The average Bonchev–Trinajstić information content (AvgIpc) is 3.16. The molecule has 124 valence electrons. The van der Waals surface area contributed by atoms with E-state index in [1.54, 1.807) is 43.7 Å². The normalized spacial score (nSPS) is 18.7. The van der Waals surface area contributed by atoms with Crippen LogP contribution in [0.3, 0.4) is 0 Å². The number of nitrogens with zero attached hydrogens (tertiary/aromatic N) is 4. The molecule has 0 N–H and O–H groups in total. The van der Waals surface area contributed by atoms with Crippen LogP contribution in [0.1, 0.15) is 31.4 Å². The highest BCUT2D eigenvalue weighted by molar-refractivity contribution is 5.81. The summed E-state index contributed by atoms with van der Waals surface area (Å²) in [4.78, 5) is 18.6. The monoisotopic (exact) mass is 324 g/mol. The van der Waals surface area contributed by atoms with Gasteiger partial charge in [0.25, 0.3) is 5.91 Å². The molecular formula is C18H20N4O2. The van der Waals surface area contributed by atoms with Crippen LogP contribution in [0.5, 0.6) is 5.75 Å². The van der Waals surface area contributed by atoms with Gasteiger partial charge in [0.2, 0.25) is 0 Å². The number of carbonyl (C=O) groups is 1. The Bertz CT molecular complexity index is 736. The van der Waals surface area contributed by atoms with Crippen LogP contribution in [-0.2, 0) is 4.79 Å². The standard InChI is InChI=1S/C18H20N4O2/c1-14(24-17-6-2-4-15(10-17)11-19)18(23)21-8-3-5-16(12-21)22-9-7-20-13-22/h2,4,6-7,9-10,13-14,16H,3,5,8,12H2,1H3/t14-,16+/m0/s1. The van der Waals surface area contributed by atoms with E-state index in [4.69, 9.17) is 10.00 Å². The fourth-order valence-corrected chi connectivity index (χ4v) is 3.03. The first-order valence-corrected chi connectivity index (χ1v) is 8.10. The summed E-state index contributed by atoms with van der Waals surface area (Å²) in [7, 11) is 0. The Labute approximate surface area is 141 Å². The summed E-state index contributed by atoms with van der Waals surface area (Å²) in [6.45, 7) is 3.17. The summed E-state index contributed by atoms with van der Waals surface area (Å²) in [5.41, 5.74) is 0.519. The van der Waals surface area contributed by atoms with Crippen molar-refractivity contribution in [1.29, 1.82) is 5.26 Å². The van der Waals surface area contributed by atoms with Crippen molar-refractivity contribution in [2.75, 3.05) is 13.1 Å². The van der Waals surface area contributed by atoms with Crippen LogP contribution in [0.25, 0.3) is 0 Å². The third-order valence-electron chi connectivity index (χ3n) is 4.28. The highest BCUT2D eigenvalue weighted by Gasteiger charge is 2.28. The number of hydrogen-bond donors (Lipinski definition) is 0. The number of ether oxygens (including phenoxy) is 1. The first-order valence-electron chi connectivity index (χ1n) is 8.10. The molecular weight excluding hydrogens is 304 g/mol. The summed E-state index contributed by atoms with van der Waals surface area (Å²) < 4.78 is 7.79. The molecule has 3 rings (SSSR count). The van der Waals surface area contributed by atoms with E-state index in [2.05, 4.69) is 15.6 Å². The molecule has 1 aromatic carbocycles. The zero-order valence-corrected chi connectivity index (χ0v) is 13.6. The van der Waals surface area contributed by atoms with Gasteiger partial charge < -0.3 is 14.2 Å². The third-order valence-corrected chi connectivity index (χ3v) is 4.28. The van der Waals surface area contributed by atoms with E-state index in [9.17, 15) is 4.79 Å². The van der Waals surface area contributed by atoms with Crippen LogP contribution < -0.4 is 4.74 Å². The minimum Gasteiger partial charge on any atom is -0.481 e. The van der Waals surface area contributed by atoms with Gasteiger partial charge in [0.15, 0.2) is 6.10 Å². The second kappa shape index (κ2) is 7.18. The van der Waals surface area contributed by atoms with E-state index in [-0.39, 0.29) is 11.9 Å². The van der Waals surface area contributed by atoms with Gasteiger partial charge in [0.1, 0.15) is 5.75 Å². The molecule has 0 spiro atoms. The molecule has 6 heteroatoms. The molecule has 1 aliphatic rings. The molecule has 2 atom stereocenters. The second-order valence-corrected chi connectivity index (χ2v) is 5.99. The molecule has 0 saturated carbocycles. The van der Waals surface area contributed by atoms with E-state index in [1.165, 1.54) is 0 Å². The van der Waals surface area contributed by atoms with Crippen molar-refractivity contribution in [2.45, 2.75) is 31.9 Å². The van der Waals surface area contributed by atoms with E-state index < -0.39 is 6.10 Å². The Kier molecular flexibility index (Phi) is 4.80. The molecule has 6 nitrogen and oxygen atoms in total. The number of piperidine rings is 1. The summed E-state index contributed by atoms with van der Waals surface area (Å²) in [5, 5.41) is 8.94. The maximum atomic E-state index is 12.7. The van der Waals surface area contributed by atoms with Crippen molar-refractivity contribution in [3.8, 4) is 11.8 Å². The Morgan fingerprint density at radius 1 is 1.50 bits per heavy atom. The smallest absolute Gasteiger partial charge is 0.263 e. The molecule has 1 aliphatic heterocycles. The topological polar surface area (TPSA) is 71.2 Å². The Morgan fingerprint density at radius 3 is 3.12 bits per heavy atom. The lowest BCUT2D eigenvalue weighted by Gasteiger charge is -2.34. The largest absolute Gasteiger partial charge is 0.481 e. The number of carbonyl (C=O) groups excluding carboxylic acids is 1. The highest BCUT2D eigenvalue weighted by Crippen LogP contribution is 2.22. The molecule has 1 saturated heterocycles. The fourth-order valence-electron chi connectivity index (χ4n) is 3.03. The predicted molar refractivity (Wildman–Crippen MR) is 88.3 cm³/mol. The first kappa shape index (κ1) is 16.1. The van der Waals surface area contributed by atoms with Gasteiger partial charge in [-0.25, -0.2) is 4.98 Å². The third kappa shape index (κ3) is 3.57. The zero-order valence-electron chi connectivity index (χ0n) is 13.6. The molecule has 2 aromatic rings. The first-order chi connectivity index (χ1) is 11.7. The molecule has 0 aliphatic carbocycles. The van der Waals surface area contributed by atoms with Gasteiger partial charge in [-0.05, 0) is 38.0 Å². The average molecular weight is 324 g/mol. The van der Waals surface area contributed by atoms with Crippen LogP contribution in [0.2, 0.25) is 0 Å². The summed E-state index contributed by atoms with van der Waals surface area (Å²) in [5.74, 6) is 0.514. The Hall–Kier alpha value is -2.81. The van der Waals surface area contributed by atoms with Gasteiger partial charge in [-0.2, -0.15) is 5.26 Å². The van der Waals surface area contributed by atoms with E-state index in [0.717, 1.165) is 19.4 Å². The number of rotatable bonds is 4. The molecule has 0 radical (unpaired) electrons. The zero-order chi connectivity index (χ0) is 16.9. The maximum Gasteiger partial charge on any atom is 0.263 e. The van der Waals surface area contributed by atoms with Crippen LogP contribution in [0, 0.1) is 11.3 Å². The van der Waals surface area contributed by atoms with Gasteiger partial charge in [0.05, 0.1) is 24.0 Å². The number of benzene rings is 1. The van der Waals surface area contributed by atoms with Gasteiger partial charge >= 0.3 is 0 Å². The molecule has 0 bridgehead atoms. The molecule has 1 amide bonds. The van der Waals surface area contributed by atoms with Crippen LogP contribution in [-0.4, -0.2) is 39.6 Å². The second-order valence-electron chi connectivity index (χ2n) is 5.99. The van der Waals surface area contributed by atoms with Crippen molar-refractivity contribution in [2.24, 2.45) is 0 Å².